The summed E-state index contributed by atoms with van der Waals surface area (Å²) < 4.78 is 5.25. The first-order valence-corrected chi connectivity index (χ1v) is 11.1. The Hall–Kier alpha value is -3.28. The fourth-order valence-electron chi connectivity index (χ4n) is 5.76. The Bertz CT molecular complexity index is 1120. The van der Waals surface area contributed by atoms with Crippen LogP contribution in [0.1, 0.15) is 51.1 Å². The lowest BCUT2D eigenvalue weighted by molar-refractivity contribution is -0.123. The lowest BCUT2D eigenvalue weighted by Crippen LogP contribution is -2.32. The van der Waals surface area contributed by atoms with E-state index in [0.717, 1.165) is 30.4 Å². The summed E-state index contributed by atoms with van der Waals surface area (Å²) in [6.07, 6.45) is 3.00. The Balaban J connectivity index is 1.31. The summed E-state index contributed by atoms with van der Waals surface area (Å²) in [5, 5.41) is 0. The second-order valence-corrected chi connectivity index (χ2v) is 9.26. The van der Waals surface area contributed by atoms with Gasteiger partial charge in [0.05, 0.1) is 23.1 Å². The average molecular weight is 431 g/mol. The van der Waals surface area contributed by atoms with Crippen LogP contribution in [0.4, 0.5) is 5.69 Å². The van der Waals surface area contributed by atoms with E-state index in [1.807, 2.05) is 26.0 Å². The molecule has 3 fully saturated rings. The van der Waals surface area contributed by atoms with E-state index < -0.39 is 5.97 Å². The fourth-order valence-corrected chi connectivity index (χ4v) is 5.76. The topological polar surface area (TPSA) is 80.8 Å². The molecule has 4 atom stereocenters. The molecule has 2 saturated carbocycles. The van der Waals surface area contributed by atoms with E-state index in [4.69, 9.17) is 4.74 Å². The smallest absolute Gasteiger partial charge is 0.338 e. The Morgan fingerprint density at radius 2 is 1.66 bits per heavy atom. The molecular weight excluding hydrogens is 406 g/mol. The molecule has 164 valence electrons. The van der Waals surface area contributed by atoms with Crippen LogP contribution in [0.25, 0.3) is 0 Å². The van der Waals surface area contributed by atoms with E-state index in [2.05, 4.69) is 0 Å². The van der Waals surface area contributed by atoms with Gasteiger partial charge in [-0.2, -0.15) is 0 Å². The second kappa shape index (κ2) is 7.69. The number of hydrogen-bond acceptors (Lipinski definition) is 5. The maximum absolute atomic E-state index is 13.0. The average Bonchev–Trinajstić information content (AvgIpc) is 3.47. The van der Waals surface area contributed by atoms with Gasteiger partial charge in [-0.25, -0.2) is 4.79 Å². The van der Waals surface area contributed by atoms with Gasteiger partial charge >= 0.3 is 5.97 Å². The van der Waals surface area contributed by atoms with Crippen molar-refractivity contribution in [3.63, 3.8) is 0 Å². The molecule has 1 heterocycles. The first kappa shape index (κ1) is 20.6. The Labute approximate surface area is 186 Å². The number of benzene rings is 2. The standard InChI is InChI=1S/C26H25NO5/c1-14-6-7-15(2)20(10-14)21(28)13-32-26(31)18-4-3-5-19(12-18)27-24(29)22-16-8-9-17(11-16)23(22)25(27)30/h3-7,10,12,16-17,22-23H,8-9,11,13H2,1-2H3/t16-,17+,22-,23+. The number of carbonyl (C=O) groups is 4. The highest BCUT2D eigenvalue weighted by molar-refractivity contribution is 6.22. The molecule has 5 rings (SSSR count). The summed E-state index contributed by atoms with van der Waals surface area (Å²) in [6.45, 7) is 3.36. The molecular formula is C26H25NO5. The zero-order valence-electron chi connectivity index (χ0n) is 18.2. The molecule has 3 aliphatic rings. The van der Waals surface area contributed by atoms with Gasteiger partial charge in [0.25, 0.3) is 0 Å². The van der Waals surface area contributed by atoms with Crippen molar-refractivity contribution in [2.45, 2.75) is 33.1 Å². The Morgan fingerprint density at radius 1 is 0.969 bits per heavy atom. The van der Waals surface area contributed by atoms with Gasteiger partial charge in [-0.3, -0.25) is 19.3 Å². The molecule has 32 heavy (non-hydrogen) atoms. The summed E-state index contributed by atoms with van der Waals surface area (Å²) in [6, 6.07) is 11.9. The van der Waals surface area contributed by atoms with Gasteiger partial charge in [-0.05, 0) is 74.8 Å². The van der Waals surface area contributed by atoms with Crippen molar-refractivity contribution in [2.75, 3.05) is 11.5 Å². The maximum Gasteiger partial charge on any atom is 0.338 e. The van der Waals surface area contributed by atoms with Crippen molar-refractivity contribution >= 4 is 29.3 Å². The lowest BCUT2D eigenvalue weighted by Gasteiger charge is -2.19. The molecule has 1 aliphatic heterocycles. The van der Waals surface area contributed by atoms with E-state index in [-0.39, 0.29) is 41.6 Å². The number of Topliss-reactive ketones (excluding diaryl/α,β-unsaturated/α-hetero) is 1. The first-order valence-electron chi connectivity index (χ1n) is 11.1. The Morgan fingerprint density at radius 3 is 2.34 bits per heavy atom. The summed E-state index contributed by atoms with van der Waals surface area (Å²) in [4.78, 5) is 52.5. The van der Waals surface area contributed by atoms with Crippen molar-refractivity contribution < 1.29 is 23.9 Å². The third kappa shape index (κ3) is 3.25. The van der Waals surface area contributed by atoms with Crippen LogP contribution < -0.4 is 4.90 Å². The van der Waals surface area contributed by atoms with Gasteiger partial charge in [-0.1, -0.05) is 23.8 Å². The number of ether oxygens (including phenoxy) is 1. The third-order valence-corrected chi connectivity index (χ3v) is 7.30. The lowest BCUT2D eigenvalue weighted by atomic mass is 9.81. The number of hydrogen-bond donors (Lipinski definition) is 0. The van der Waals surface area contributed by atoms with Crippen LogP contribution in [0.15, 0.2) is 42.5 Å². The van der Waals surface area contributed by atoms with Crippen LogP contribution in [0.3, 0.4) is 0 Å². The van der Waals surface area contributed by atoms with Crippen LogP contribution in [-0.4, -0.2) is 30.2 Å². The maximum atomic E-state index is 13.0. The van der Waals surface area contributed by atoms with Crippen molar-refractivity contribution in [3.05, 3.63) is 64.7 Å². The predicted molar refractivity (Wildman–Crippen MR) is 117 cm³/mol. The monoisotopic (exact) mass is 431 g/mol. The molecule has 0 spiro atoms. The quantitative estimate of drug-likeness (QED) is 0.408. The largest absolute Gasteiger partial charge is 0.454 e. The zero-order valence-corrected chi connectivity index (χ0v) is 18.2. The highest BCUT2D eigenvalue weighted by Gasteiger charge is 2.61. The van der Waals surface area contributed by atoms with Gasteiger partial charge in [0, 0.05) is 5.56 Å². The molecule has 2 aromatic rings. The van der Waals surface area contributed by atoms with Crippen LogP contribution >= 0.6 is 0 Å². The van der Waals surface area contributed by atoms with Gasteiger partial charge in [-0.15, -0.1) is 0 Å². The van der Waals surface area contributed by atoms with Crippen molar-refractivity contribution in [3.8, 4) is 0 Å². The van der Waals surface area contributed by atoms with Gasteiger partial charge in [0.15, 0.2) is 6.61 Å². The predicted octanol–water partition coefficient (Wildman–Crippen LogP) is 3.88. The number of rotatable bonds is 5. The number of amides is 2. The van der Waals surface area contributed by atoms with Crippen molar-refractivity contribution in [1.29, 1.82) is 0 Å². The van der Waals surface area contributed by atoms with E-state index in [1.54, 1.807) is 24.3 Å². The number of fused-ring (bicyclic) bond motifs is 5. The molecule has 1 saturated heterocycles. The molecule has 0 unspecified atom stereocenters. The summed E-state index contributed by atoms with van der Waals surface area (Å²) >= 11 is 0. The minimum absolute atomic E-state index is 0.150. The number of imide groups is 1. The minimum Gasteiger partial charge on any atom is -0.454 e. The normalized spacial score (nSPS) is 25.9. The summed E-state index contributed by atoms with van der Waals surface area (Å²) in [5.74, 6) is -1.06. The molecule has 6 nitrogen and oxygen atoms in total. The Kier molecular flexibility index (Phi) is 4.96. The van der Waals surface area contributed by atoms with E-state index in [9.17, 15) is 19.2 Å². The molecule has 0 N–H and O–H groups in total. The molecule has 2 aliphatic carbocycles. The van der Waals surface area contributed by atoms with Crippen LogP contribution in [0.5, 0.6) is 0 Å². The molecule has 0 aromatic heterocycles. The van der Waals surface area contributed by atoms with Crippen molar-refractivity contribution in [1.82, 2.24) is 0 Å². The van der Waals surface area contributed by atoms with Crippen LogP contribution in [0.2, 0.25) is 0 Å². The highest BCUT2D eigenvalue weighted by Crippen LogP contribution is 2.56. The van der Waals surface area contributed by atoms with Crippen LogP contribution in [-0.2, 0) is 14.3 Å². The molecule has 0 radical (unpaired) electrons. The molecule has 6 heteroatoms. The van der Waals surface area contributed by atoms with E-state index in [0.29, 0.717) is 23.1 Å². The second-order valence-electron chi connectivity index (χ2n) is 9.26. The summed E-state index contributed by atoms with van der Waals surface area (Å²) in [7, 11) is 0. The highest BCUT2D eigenvalue weighted by atomic mass is 16.5. The SMILES string of the molecule is Cc1ccc(C)c(C(=O)COC(=O)c2cccc(N3C(=O)[C@@H]4[C@@H]5CC[C@@H](C5)[C@@H]4C3=O)c2)c1. The molecule has 2 bridgehead atoms. The van der Waals surface area contributed by atoms with Gasteiger partial charge in [0.1, 0.15) is 0 Å². The number of anilines is 1. The number of carbonyl (C=O) groups excluding carboxylic acids is 4. The third-order valence-electron chi connectivity index (χ3n) is 7.30. The zero-order chi connectivity index (χ0) is 22.6. The van der Waals surface area contributed by atoms with Gasteiger partial charge < -0.3 is 4.74 Å². The number of nitrogens with zero attached hydrogens (tertiary/aromatic N) is 1. The minimum atomic E-state index is -0.662. The van der Waals surface area contributed by atoms with E-state index >= 15 is 0 Å². The number of esters is 1. The van der Waals surface area contributed by atoms with Crippen LogP contribution in [0, 0.1) is 37.5 Å². The fraction of sp³-hybridized carbons (Fsp3) is 0.385. The number of aryl methyl sites for hydroxylation is 2. The first-order chi connectivity index (χ1) is 15.3. The van der Waals surface area contributed by atoms with E-state index in [1.165, 1.54) is 11.0 Å². The number of ketones is 1. The molecule has 2 aromatic carbocycles. The van der Waals surface area contributed by atoms with Crippen molar-refractivity contribution in [2.24, 2.45) is 23.7 Å². The summed E-state index contributed by atoms with van der Waals surface area (Å²) in [5.41, 5.74) is 2.90. The van der Waals surface area contributed by atoms with Gasteiger partial charge in [0.2, 0.25) is 17.6 Å². The molecule has 2 amide bonds.